The van der Waals surface area contributed by atoms with Crippen LogP contribution in [0.3, 0.4) is 0 Å². The van der Waals surface area contributed by atoms with Crippen molar-refractivity contribution in [2.75, 3.05) is 13.7 Å². The lowest BCUT2D eigenvalue weighted by molar-refractivity contribution is 0.0623. The fourth-order valence-electron chi connectivity index (χ4n) is 1.64. The van der Waals surface area contributed by atoms with Crippen LogP contribution in [-0.2, 0) is 4.74 Å². The molecule has 1 N–H and O–H groups in total. The lowest BCUT2D eigenvalue weighted by Gasteiger charge is -2.25. The molecular formula is C13H25NO. The van der Waals surface area contributed by atoms with Gasteiger partial charge < -0.3 is 10.1 Å². The molecular weight excluding hydrogens is 186 g/mol. The molecule has 0 radical (unpaired) electrons. The molecule has 15 heavy (non-hydrogen) atoms. The number of rotatable bonds is 8. The predicted molar refractivity (Wildman–Crippen MR) is 65.9 cm³/mol. The highest BCUT2D eigenvalue weighted by molar-refractivity contribution is 4.99. The molecule has 0 bridgehead atoms. The Balaban J connectivity index is 4.19. The number of nitrogens with one attached hydrogen (secondary N) is 1. The van der Waals surface area contributed by atoms with E-state index in [0.717, 1.165) is 32.2 Å². The highest BCUT2D eigenvalue weighted by Gasteiger charge is 2.18. The Kier molecular flexibility index (Phi) is 9.67. The Morgan fingerprint density at radius 3 is 2.47 bits per heavy atom. The Morgan fingerprint density at radius 1 is 1.27 bits per heavy atom. The van der Waals surface area contributed by atoms with Crippen molar-refractivity contribution in [1.82, 2.24) is 5.32 Å². The molecule has 2 atom stereocenters. The van der Waals surface area contributed by atoms with Gasteiger partial charge in [-0.3, -0.25) is 0 Å². The van der Waals surface area contributed by atoms with Gasteiger partial charge in [-0.2, -0.15) is 0 Å². The SMILES string of the molecule is CC#CCC(NCCC)C(CCC)OC. The second-order valence-corrected chi connectivity index (χ2v) is 3.75. The molecule has 0 amide bonds. The van der Waals surface area contributed by atoms with Gasteiger partial charge in [0.1, 0.15) is 0 Å². The second-order valence-electron chi connectivity index (χ2n) is 3.75. The van der Waals surface area contributed by atoms with Crippen LogP contribution >= 0.6 is 0 Å². The second kappa shape index (κ2) is 10.0. The van der Waals surface area contributed by atoms with Gasteiger partial charge in [-0.1, -0.05) is 20.3 Å². The summed E-state index contributed by atoms with van der Waals surface area (Å²) in [5.41, 5.74) is 0. The summed E-state index contributed by atoms with van der Waals surface area (Å²) in [6.07, 6.45) is 4.58. The zero-order chi connectivity index (χ0) is 11.5. The summed E-state index contributed by atoms with van der Waals surface area (Å²) in [5, 5.41) is 3.51. The summed E-state index contributed by atoms with van der Waals surface area (Å²) in [6, 6.07) is 0.377. The van der Waals surface area contributed by atoms with E-state index in [9.17, 15) is 0 Å². The summed E-state index contributed by atoms with van der Waals surface area (Å²) in [7, 11) is 1.79. The molecule has 0 saturated heterocycles. The lowest BCUT2D eigenvalue weighted by Crippen LogP contribution is -2.41. The van der Waals surface area contributed by atoms with Crippen LogP contribution in [0.5, 0.6) is 0 Å². The van der Waals surface area contributed by atoms with E-state index >= 15 is 0 Å². The molecule has 0 rings (SSSR count). The first-order valence-corrected chi connectivity index (χ1v) is 5.95. The summed E-state index contributed by atoms with van der Waals surface area (Å²) >= 11 is 0. The molecule has 88 valence electrons. The fourth-order valence-corrected chi connectivity index (χ4v) is 1.64. The van der Waals surface area contributed by atoms with Gasteiger partial charge in [0, 0.05) is 19.6 Å². The average Bonchev–Trinajstić information content (AvgIpc) is 2.27. The largest absolute Gasteiger partial charge is 0.380 e. The van der Waals surface area contributed by atoms with E-state index in [0.29, 0.717) is 12.1 Å². The topological polar surface area (TPSA) is 21.3 Å². The Morgan fingerprint density at radius 2 is 2.00 bits per heavy atom. The molecule has 0 aromatic rings. The van der Waals surface area contributed by atoms with Crippen molar-refractivity contribution in [3.8, 4) is 11.8 Å². The third kappa shape index (κ3) is 6.54. The van der Waals surface area contributed by atoms with Crippen LogP contribution in [0.4, 0.5) is 0 Å². The van der Waals surface area contributed by atoms with Crippen LogP contribution in [0.1, 0.15) is 46.5 Å². The quantitative estimate of drug-likeness (QED) is 0.623. The standard InChI is InChI=1S/C13H25NO/c1-5-8-10-12(14-11-7-3)13(15-4)9-6-2/h12-14H,6-7,9-11H2,1-4H3. The Bertz CT molecular complexity index is 192. The number of hydrogen-bond donors (Lipinski definition) is 1. The molecule has 0 fully saturated rings. The van der Waals surface area contributed by atoms with Gasteiger partial charge in [-0.05, 0) is 26.3 Å². The van der Waals surface area contributed by atoms with Crippen LogP contribution in [-0.4, -0.2) is 25.8 Å². The fraction of sp³-hybridized carbons (Fsp3) is 0.846. The van der Waals surface area contributed by atoms with E-state index in [1.807, 2.05) is 6.92 Å². The van der Waals surface area contributed by atoms with E-state index in [-0.39, 0.29) is 0 Å². The molecule has 0 aromatic heterocycles. The number of hydrogen-bond acceptors (Lipinski definition) is 2. The molecule has 2 heteroatoms. The van der Waals surface area contributed by atoms with E-state index < -0.39 is 0 Å². The van der Waals surface area contributed by atoms with E-state index in [1.165, 1.54) is 0 Å². The minimum absolute atomic E-state index is 0.294. The smallest absolute Gasteiger partial charge is 0.0733 e. The number of ether oxygens (including phenoxy) is 1. The van der Waals surface area contributed by atoms with Gasteiger partial charge in [0.2, 0.25) is 0 Å². The molecule has 0 aliphatic carbocycles. The first kappa shape index (κ1) is 14.5. The number of methoxy groups -OCH3 is 1. The zero-order valence-electron chi connectivity index (χ0n) is 10.6. The predicted octanol–water partition coefficient (Wildman–Crippen LogP) is 2.58. The first-order chi connectivity index (χ1) is 7.29. The maximum absolute atomic E-state index is 5.52. The van der Waals surface area contributed by atoms with Crippen LogP contribution in [0, 0.1) is 11.8 Å². The van der Waals surface area contributed by atoms with Crippen molar-refractivity contribution in [3.63, 3.8) is 0 Å². The van der Waals surface area contributed by atoms with Gasteiger partial charge in [-0.15, -0.1) is 11.8 Å². The van der Waals surface area contributed by atoms with Crippen molar-refractivity contribution < 1.29 is 4.74 Å². The van der Waals surface area contributed by atoms with E-state index in [4.69, 9.17) is 4.74 Å². The monoisotopic (exact) mass is 211 g/mol. The summed E-state index contributed by atoms with van der Waals surface area (Å²) in [4.78, 5) is 0. The van der Waals surface area contributed by atoms with Crippen molar-refractivity contribution in [2.24, 2.45) is 0 Å². The maximum atomic E-state index is 5.52. The third-order valence-electron chi connectivity index (χ3n) is 2.48. The Labute approximate surface area is 94.8 Å². The highest BCUT2D eigenvalue weighted by atomic mass is 16.5. The van der Waals surface area contributed by atoms with Crippen LogP contribution in [0.25, 0.3) is 0 Å². The van der Waals surface area contributed by atoms with Gasteiger partial charge in [0.05, 0.1) is 6.10 Å². The third-order valence-corrected chi connectivity index (χ3v) is 2.48. The molecule has 0 aromatic carbocycles. The minimum Gasteiger partial charge on any atom is -0.380 e. The van der Waals surface area contributed by atoms with Gasteiger partial charge in [0.25, 0.3) is 0 Å². The maximum Gasteiger partial charge on any atom is 0.0733 e. The van der Waals surface area contributed by atoms with Crippen molar-refractivity contribution >= 4 is 0 Å². The van der Waals surface area contributed by atoms with E-state index in [1.54, 1.807) is 7.11 Å². The zero-order valence-corrected chi connectivity index (χ0v) is 10.6. The van der Waals surface area contributed by atoms with Crippen LogP contribution < -0.4 is 5.32 Å². The van der Waals surface area contributed by atoms with Gasteiger partial charge >= 0.3 is 0 Å². The van der Waals surface area contributed by atoms with Gasteiger partial charge in [-0.25, -0.2) is 0 Å². The van der Waals surface area contributed by atoms with E-state index in [2.05, 4.69) is 31.0 Å². The molecule has 0 heterocycles. The lowest BCUT2D eigenvalue weighted by atomic mass is 10.0. The molecule has 0 saturated carbocycles. The molecule has 0 aliphatic heterocycles. The normalized spacial score (nSPS) is 14.1. The highest BCUT2D eigenvalue weighted by Crippen LogP contribution is 2.09. The first-order valence-electron chi connectivity index (χ1n) is 5.95. The molecule has 2 unspecified atom stereocenters. The summed E-state index contributed by atoms with van der Waals surface area (Å²) < 4.78 is 5.52. The summed E-state index contributed by atoms with van der Waals surface area (Å²) in [5.74, 6) is 6.09. The summed E-state index contributed by atoms with van der Waals surface area (Å²) in [6.45, 7) is 7.30. The molecule has 0 spiro atoms. The average molecular weight is 211 g/mol. The van der Waals surface area contributed by atoms with Crippen molar-refractivity contribution in [3.05, 3.63) is 0 Å². The Hall–Kier alpha value is -0.520. The van der Waals surface area contributed by atoms with Crippen LogP contribution in [0.2, 0.25) is 0 Å². The minimum atomic E-state index is 0.294. The van der Waals surface area contributed by atoms with Crippen molar-refractivity contribution in [1.29, 1.82) is 0 Å². The molecule has 0 aliphatic rings. The van der Waals surface area contributed by atoms with Crippen LogP contribution in [0.15, 0.2) is 0 Å². The van der Waals surface area contributed by atoms with Gasteiger partial charge in [0.15, 0.2) is 0 Å². The molecule has 2 nitrogen and oxygen atoms in total. The van der Waals surface area contributed by atoms with Crippen molar-refractivity contribution in [2.45, 2.75) is 58.6 Å².